The van der Waals surface area contributed by atoms with Crippen molar-refractivity contribution in [2.75, 3.05) is 6.26 Å². The summed E-state index contributed by atoms with van der Waals surface area (Å²) in [7, 11) is 0. The lowest BCUT2D eigenvalue weighted by Gasteiger charge is -2.03. The molecule has 0 aliphatic rings. The van der Waals surface area contributed by atoms with E-state index in [1.54, 1.807) is 6.07 Å². The van der Waals surface area contributed by atoms with Gasteiger partial charge in [0, 0.05) is 5.56 Å². The summed E-state index contributed by atoms with van der Waals surface area (Å²) >= 11 is 6.52. The van der Waals surface area contributed by atoms with E-state index in [4.69, 9.17) is 12.2 Å². The smallest absolute Gasteiger partial charge is 0.125 e. The Hall–Kier alpha value is -0.540. The van der Waals surface area contributed by atoms with E-state index in [9.17, 15) is 5.11 Å². The van der Waals surface area contributed by atoms with Crippen LogP contribution in [0.25, 0.3) is 0 Å². The molecule has 0 aliphatic carbocycles. The molecule has 0 saturated carbocycles. The van der Waals surface area contributed by atoms with E-state index >= 15 is 0 Å². The SMILES string of the molecule is CSC(=S)c1ccc(C)cc1O. The predicted molar refractivity (Wildman–Crippen MR) is 58.1 cm³/mol. The van der Waals surface area contributed by atoms with Crippen molar-refractivity contribution in [1.29, 1.82) is 0 Å². The Morgan fingerprint density at radius 2 is 2.17 bits per heavy atom. The van der Waals surface area contributed by atoms with Gasteiger partial charge in [0.05, 0.1) is 4.20 Å². The molecule has 1 aromatic carbocycles. The molecule has 0 unspecified atom stereocenters. The number of benzene rings is 1. The molecular formula is C9H10OS2. The molecule has 1 N–H and O–H groups in total. The quantitative estimate of drug-likeness (QED) is 0.701. The number of rotatable bonds is 1. The Morgan fingerprint density at radius 3 is 2.67 bits per heavy atom. The van der Waals surface area contributed by atoms with E-state index in [1.165, 1.54) is 11.8 Å². The number of aromatic hydroxyl groups is 1. The van der Waals surface area contributed by atoms with Crippen LogP contribution >= 0.6 is 24.0 Å². The van der Waals surface area contributed by atoms with Gasteiger partial charge in [-0.15, -0.1) is 11.8 Å². The van der Waals surface area contributed by atoms with Crippen LogP contribution in [-0.4, -0.2) is 15.6 Å². The van der Waals surface area contributed by atoms with Crippen LogP contribution in [0.3, 0.4) is 0 Å². The van der Waals surface area contributed by atoms with Crippen molar-refractivity contribution in [2.45, 2.75) is 6.92 Å². The van der Waals surface area contributed by atoms with Crippen LogP contribution < -0.4 is 0 Å². The standard InChI is InChI=1S/C9H10OS2/c1-6-3-4-7(8(10)5-6)9(11)12-2/h3-5,10H,1-2H3. The Labute approximate surface area is 81.8 Å². The van der Waals surface area contributed by atoms with Crippen LogP contribution in [0.15, 0.2) is 18.2 Å². The number of thioether (sulfide) groups is 1. The van der Waals surface area contributed by atoms with E-state index in [0.29, 0.717) is 0 Å². The fourth-order valence-corrected chi connectivity index (χ4v) is 1.49. The van der Waals surface area contributed by atoms with Crippen LogP contribution in [0, 0.1) is 6.92 Å². The molecule has 64 valence electrons. The molecule has 0 amide bonds. The fraction of sp³-hybridized carbons (Fsp3) is 0.222. The first-order valence-corrected chi connectivity index (χ1v) is 5.16. The highest BCUT2D eigenvalue weighted by Crippen LogP contribution is 2.22. The number of hydrogen-bond acceptors (Lipinski definition) is 3. The third-order valence-electron chi connectivity index (χ3n) is 1.56. The number of aryl methyl sites for hydroxylation is 1. The van der Waals surface area contributed by atoms with Crippen LogP contribution in [0.5, 0.6) is 5.75 Å². The summed E-state index contributed by atoms with van der Waals surface area (Å²) in [5.41, 5.74) is 1.79. The van der Waals surface area contributed by atoms with Gasteiger partial charge in [0.1, 0.15) is 5.75 Å². The van der Waals surface area contributed by atoms with Gasteiger partial charge in [0.25, 0.3) is 0 Å². The van der Waals surface area contributed by atoms with E-state index in [1.807, 2.05) is 25.3 Å². The van der Waals surface area contributed by atoms with Gasteiger partial charge in [-0.1, -0.05) is 18.3 Å². The van der Waals surface area contributed by atoms with Gasteiger partial charge >= 0.3 is 0 Å². The average molecular weight is 198 g/mol. The van der Waals surface area contributed by atoms with Gasteiger partial charge in [-0.25, -0.2) is 0 Å². The van der Waals surface area contributed by atoms with Gasteiger partial charge in [0.15, 0.2) is 0 Å². The molecule has 0 radical (unpaired) electrons. The number of hydrogen-bond donors (Lipinski definition) is 1. The average Bonchev–Trinajstić information content (AvgIpc) is 2.03. The molecule has 1 nitrogen and oxygen atoms in total. The molecule has 0 bridgehead atoms. The monoisotopic (exact) mass is 198 g/mol. The van der Waals surface area contributed by atoms with Crippen molar-refractivity contribution in [3.63, 3.8) is 0 Å². The second kappa shape index (κ2) is 3.92. The fourth-order valence-electron chi connectivity index (χ4n) is 0.924. The third-order valence-corrected chi connectivity index (χ3v) is 2.87. The van der Waals surface area contributed by atoms with Gasteiger partial charge < -0.3 is 5.11 Å². The first-order chi connectivity index (χ1) is 5.65. The van der Waals surface area contributed by atoms with Gasteiger partial charge in [-0.05, 0) is 30.9 Å². The van der Waals surface area contributed by atoms with Crippen LogP contribution in [0.1, 0.15) is 11.1 Å². The van der Waals surface area contributed by atoms with Gasteiger partial charge in [-0.2, -0.15) is 0 Å². The molecule has 12 heavy (non-hydrogen) atoms. The first kappa shape index (κ1) is 9.55. The van der Waals surface area contributed by atoms with E-state index < -0.39 is 0 Å². The Kier molecular flexibility index (Phi) is 3.12. The maximum absolute atomic E-state index is 9.49. The topological polar surface area (TPSA) is 20.2 Å². The summed E-state index contributed by atoms with van der Waals surface area (Å²) in [6.45, 7) is 1.94. The summed E-state index contributed by atoms with van der Waals surface area (Å²) < 4.78 is 0.729. The van der Waals surface area contributed by atoms with Crippen molar-refractivity contribution in [2.24, 2.45) is 0 Å². The minimum Gasteiger partial charge on any atom is -0.507 e. The molecule has 3 heteroatoms. The molecule has 0 heterocycles. The maximum Gasteiger partial charge on any atom is 0.125 e. The highest BCUT2D eigenvalue weighted by Gasteiger charge is 2.04. The van der Waals surface area contributed by atoms with E-state index in [2.05, 4.69) is 0 Å². The van der Waals surface area contributed by atoms with Crippen molar-refractivity contribution < 1.29 is 5.11 Å². The van der Waals surface area contributed by atoms with Crippen LogP contribution in [0.2, 0.25) is 0 Å². The Bertz CT molecular complexity index is 307. The highest BCUT2D eigenvalue weighted by molar-refractivity contribution is 8.23. The summed E-state index contributed by atoms with van der Waals surface area (Å²) in [6.07, 6.45) is 1.90. The van der Waals surface area contributed by atoms with Crippen molar-refractivity contribution in [1.82, 2.24) is 0 Å². The minimum absolute atomic E-state index is 0.273. The lowest BCUT2D eigenvalue weighted by atomic mass is 10.1. The molecule has 0 spiro atoms. The molecule has 0 fully saturated rings. The van der Waals surface area contributed by atoms with Gasteiger partial charge in [-0.3, -0.25) is 0 Å². The summed E-state index contributed by atoms with van der Waals surface area (Å²) in [4.78, 5) is 0. The summed E-state index contributed by atoms with van der Waals surface area (Å²) in [6, 6.07) is 5.51. The molecular weight excluding hydrogens is 188 g/mol. The van der Waals surface area contributed by atoms with Crippen LogP contribution in [0.4, 0.5) is 0 Å². The second-order valence-electron chi connectivity index (χ2n) is 2.51. The highest BCUT2D eigenvalue weighted by atomic mass is 32.2. The third kappa shape index (κ3) is 1.99. The minimum atomic E-state index is 0.273. The van der Waals surface area contributed by atoms with Crippen molar-refractivity contribution in [3.8, 4) is 5.75 Å². The molecule has 1 aromatic rings. The second-order valence-corrected chi connectivity index (χ2v) is 4.00. The van der Waals surface area contributed by atoms with Crippen molar-refractivity contribution in [3.05, 3.63) is 29.3 Å². The molecule has 1 rings (SSSR count). The number of phenols is 1. The molecule has 0 saturated heterocycles. The Balaban J connectivity index is 3.09. The Morgan fingerprint density at radius 1 is 1.50 bits per heavy atom. The number of thiocarbonyl (C=S) groups is 1. The predicted octanol–water partition coefficient (Wildman–Crippen LogP) is 2.74. The summed E-state index contributed by atoms with van der Waals surface area (Å²) in [5, 5.41) is 9.49. The van der Waals surface area contributed by atoms with Gasteiger partial charge in [0.2, 0.25) is 0 Å². The molecule has 0 aromatic heterocycles. The summed E-state index contributed by atoms with van der Waals surface area (Å²) in [5.74, 6) is 0.273. The van der Waals surface area contributed by atoms with Crippen LogP contribution in [-0.2, 0) is 0 Å². The normalized spacial score (nSPS) is 9.83. The largest absolute Gasteiger partial charge is 0.507 e. The lowest BCUT2D eigenvalue weighted by molar-refractivity contribution is 0.474. The maximum atomic E-state index is 9.49. The van der Waals surface area contributed by atoms with Crippen molar-refractivity contribution >= 4 is 28.2 Å². The number of phenolic OH excluding ortho intramolecular Hbond substituents is 1. The first-order valence-electron chi connectivity index (χ1n) is 3.53. The lowest BCUT2D eigenvalue weighted by Crippen LogP contribution is -1.91. The zero-order valence-electron chi connectivity index (χ0n) is 7.00. The molecule has 0 aliphatic heterocycles. The molecule has 0 atom stereocenters. The van der Waals surface area contributed by atoms with E-state index in [-0.39, 0.29) is 5.75 Å². The zero-order chi connectivity index (χ0) is 9.14. The van der Waals surface area contributed by atoms with E-state index in [0.717, 1.165) is 15.3 Å². The zero-order valence-corrected chi connectivity index (χ0v) is 8.63.